The van der Waals surface area contributed by atoms with Gasteiger partial charge < -0.3 is 15.5 Å². The summed E-state index contributed by atoms with van der Waals surface area (Å²) in [5.74, 6) is 0.731. The quantitative estimate of drug-likeness (QED) is 0.800. The maximum atomic E-state index is 9.67. The molecule has 0 atom stereocenters. The number of aromatic nitrogens is 3. The first-order chi connectivity index (χ1) is 9.33. The third kappa shape index (κ3) is 4.04. The van der Waals surface area contributed by atoms with Gasteiger partial charge in [0, 0.05) is 12.1 Å². The van der Waals surface area contributed by atoms with Gasteiger partial charge in [0.1, 0.15) is 5.75 Å². The molecule has 7 heteroatoms. The second-order valence-electron chi connectivity index (χ2n) is 4.97. The summed E-state index contributed by atoms with van der Waals surface area (Å²) in [6, 6.07) is 6.53. The van der Waals surface area contributed by atoms with Gasteiger partial charge in [0.15, 0.2) is 5.82 Å². The number of hydrogen-bond acceptors (Lipinski definition) is 6. The molecule has 0 aliphatic rings. The molecule has 3 N–H and O–H groups in total. The summed E-state index contributed by atoms with van der Waals surface area (Å²) in [5, 5.41) is 22.1. The van der Waals surface area contributed by atoms with Gasteiger partial charge in [0.05, 0.1) is 5.60 Å². The molecule has 0 fully saturated rings. The van der Waals surface area contributed by atoms with Crippen LogP contribution in [0.1, 0.15) is 13.8 Å². The molecule has 0 spiro atoms. The molecule has 1 heterocycles. The molecule has 106 valence electrons. The van der Waals surface area contributed by atoms with Crippen LogP contribution in [0, 0.1) is 0 Å². The molecule has 0 unspecified atom stereocenters. The Bertz CT molecular complexity index is 614. The monoisotopic (exact) mass is 294 g/mol. The predicted molar refractivity (Wildman–Crippen MR) is 76.7 cm³/mol. The molecule has 0 aliphatic heterocycles. The Hall–Kier alpha value is -1.92. The molecule has 2 aromatic rings. The van der Waals surface area contributed by atoms with Gasteiger partial charge in [-0.05, 0) is 37.6 Å². The third-order valence-electron chi connectivity index (χ3n) is 2.39. The zero-order chi connectivity index (χ0) is 14.8. The number of phenolic OH excluding ortho intramolecular Hbond substituents is 1. The Kier molecular flexibility index (Phi) is 4.06. The predicted octanol–water partition coefficient (Wildman–Crippen LogP) is 2.08. The minimum Gasteiger partial charge on any atom is -0.508 e. The highest BCUT2D eigenvalue weighted by atomic mass is 35.5. The number of benzene rings is 1. The Morgan fingerprint density at radius 3 is 2.65 bits per heavy atom. The lowest BCUT2D eigenvalue weighted by atomic mass is 10.1. The second-order valence-corrected chi connectivity index (χ2v) is 5.31. The summed E-state index contributed by atoms with van der Waals surface area (Å²) < 4.78 is 0. The molecular weight excluding hydrogens is 280 g/mol. The number of phenols is 1. The lowest BCUT2D eigenvalue weighted by molar-refractivity contribution is 0.0943. The highest BCUT2D eigenvalue weighted by molar-refractivity contribution is 6.28. The Morgan fingerprint density at radius 1 is 1.25 bits per heavy atom. The number of rotatable bonds is 4. The largest absolute Gasteiger partial charge is 0.508 e. The van der Waals surface area contributed by atoms with Crippen molar-refractivity contribution >= 4 is 17.5 Å². The van der Waals surface area contributed by atoms with E-state index in [9.17, 15) is 10.2 Å². The number of nitrogens with zero attached hydrogens (tertiary/aromatic N) is 3. The van der Waals surface area contributed by atoms with Crippen molar-refractivity contribution in [3.63, 3.8) is 0 Å². The number of anilines is 1. The van der Waals surface area contributed by atoms with E-state index in [4.69, 9.17) is 11.6 Å². The minimum atomic E-state index is -0.899. The smallest absolute Gasteiger partial charge is 0.227 e. The van der Waals surface area contributed by atoms with Crippen LogP contribution in [0.3, 0.4) is 0 Å². The molecule has 1 aromatic heterocycles. The summed E-state index contributed by atoms with van der Waals surface area (Å²) in [4.78, 5) is 12.2. The number of nitrogens with one attached hydrogen (secondary N) is 1. The van der Waals surface area contributed by atoms with Gasteiger partial charge in [0.2, 0.25) is 11.2 Å². The molecule has 6 nitrogen and oxygen atoms in total. The van der Waals surface area contributed by atoms with E-state index >= 15 is 0 Å². The van der Waals surface area contributed by atoms with E-state index in [2.05, 4.69) is 20.3 Å². The van der Waals surface area contributed by atoms with Crippen molar-refractivity contribution < 1.29 is 10.2 Å². The Balaban J connectivity index is 2.29. The summed E-state index contributed by atoms with van der Waals surface area (Å²) in [6.07, 6.45) is 0. The van der Waals surface area contributed by atoms with E-state index in [1.54, 1.807) is 32.0 Å². The molecule has 1 aromatic carbocycles. The van der Waals surface area contributed by atoms with Crippen molar-refractivity contribution in [2.75, 3.05) is 11.9 Å². The average molecular weight is 295 g/mol. The molecule has 0 amide bonds. The normalized spacial score (nSPS) is 11.4. The van der Waals surface area contributed by atoms with Crippen LogP contribution in [0.25, 0.3) is 11.4 Å². The van der Waals surface area contributed by atoms with Gasteiger partial charge in [-0.1, -0.05) is 12.1 Å². The summed E-state index contributed by atoms with van der Waals surface area (Å²) in [6.45, 7) is 3.60. The molecule has 20 heavy (non-hydrogen) atoms. The van der Waals surface area contributed by atoms with Crippen LogP contribution in [0.4, 0.5) is 5.95 Å². The summed E-state index contributed by atoms with van der Waals surface area (Å²) >= 11 is 5.86. The molecule has 2 rings (SSSR count). The topological polar surface area (TPSA) is 91.2 Å². The van der Waals surface area contributed by atoms with Gasteiger partial charge in [0.25, 0.3) is 0 Å². The first kappa shape index (κ1) is 14.5. The maximum absolute atomic E-state index is 9.67. The summed E-state index contributed by atoms with van der Waals surface area (Å²) in [5.41, 5.74) is -0.273. The maximum Gasteiger partial charge on any atom is 0.227 e. The van der Waals surface area contributed by atoms with Crippen LogP contribution in [0.15, 0.2) is 24.3 Å². The van der Waals surface area contributed by atoms with Crippen LogP contribution in [-0.4, -0.2) is 37.3 Å². The van der Waals surface area contributed by atoms with E-state index in [-0.39, 0.29) is 23.5 Å². The highest BCUT2D eigenvalue weighted by Gasteiger charge is 2.14. The van der Waals surface area contributed by atoms with Crippen molar-refractivity contribution in [2.24, 2.45) is 0 Å². The minimum absolute atomic E-state index is 0.0385. The molecular formula is C13H15ClN4O2. The zero-order valence-corrected chi connectivity index (χ0v) is 11.9. The van der Waals surface area contributed by atoms with Gasteiger partial charge in [-0.15, -0.1) is 0 Å². The van der Waals surface area contributed by atoms with Crippen molar-refractivity contribution in [1.82, 2.24) is 15.0 Å². The molecule has 0 saturated carbocycles. The molecule has 0 bridgehead atoms. The fraction of sp³-hybridized carbons (Fsp3) is 0.308. The fourth-order valence-electron chi connectivity index (χ4n) is 1.50. The van der Waals surface area contributed by atoms with E-state index < -0.39 is 5.60 Å². The second kappa shape index (κ2) is 5.60. The van der Waals surface area contributed by atoms with E-state index in [0.717, 1.165) is 0 Å². The zero-order valence-electron chi connectivity index (χ0n) is 11.1. The molecule has 0 radical (unpaired) electrons. The Morgan fingerprint density at radius 2 is 2.00 bits per heavy atom. The number of aromatic hydroxyl groups is 1. The number of aliphatic hydroxyl groups is 1. The van der Waals surface area contributed by atoms with Crippen LogP contribution in [-0.2, 0) is 0 Å². The van der Waals surface area contributed by atoms with Gasteiger partial charge in [-0.3, -0.25) is 0 Å². The Labute approximate surface area is 121 Å². The molecule has 0 saturated heterocycles. The van der Waals surface area contributed by atoms with Crippen molar-refractivity contribution in [3.8, 4) is 17.1 Å². The van der Waals surface area contributed by atoms with E-state index in [0.29, 0.717) is 11.4 Å². The van der Waals surface area contributed by atoms with Crippen LogP contribution >= 0.6 is 11.6 Å². The van der Waals surface area contributed by atoms with Crippen molar-refractivity contribution in [2.45, 2.75) is 19.4 Å². The van der Waals surface area contributed by atoms with Crippen molar-refractivity contribution in [3.05, 3.63) is 29.5 Å². The lowest BCUT2D eigenvalue weighted by Gasteiger charge is -2.17. The van der Waals surface area contributed by atoms with Crippen LogP contribution in [0.5, 0.6) is 5.75 Å². The van der Waals surface area contributed by atoms with Gasteiger partial charge in [-0.25, -0.2) is 0 Å². The van der Waals surface area contributed by atoms with Crippen LogP contribution < -0.4 is 5.32 Å². The summed E-state index contributed by atoms with van der Waals surface area (Å²) in [7, 11) is 0. The van der Waals surface area contributed by atoms with E-state index in [1.807, 2.05) is 0 Å². The molecule has 0 aliphatic carbocycles. The first-order valence-electron chi connectivity index (χ1n) is 6.01. The third-order valence-corrected chi connectivity index (χ3v) is 2.56. The number of hydrogen-bond donors (Lipinski definition) is 3. The van der Waals surface area contributed by atoms with Gasteiger partial charge >= 0.3 is 0 Å². The lowest BCUT2D eigenvalue weighted by Crippen LogP contribution is -2.30. The van der Waals surface area contributed by atoms with E-state index in [1.165, 1.54) is 6.07 Å². The van der Waals surface area contributed by atoms with Crippen molar-refractivity contribution in [1.29, 1.82) is 0 Å². The number of halogens is 1. The van der Waals surface area contributed by atoms with Crippen LogP contribution in [0.2, 0.25) is 5.28 Å². The fourth-order valence-corrected chi connectivity index (χ4v) is 1.66. The SMILES string of the molecule is CC(C)(O)CNc1nc(Cl)nc(-c2cccc(O)c2)n1. The average Bonchev–Trinajstić information content (AvgIpc) is 2.35. The standard InChI is InChI=1S/C13H15ClN4O2/c1-13(2,20)7-15-12-17-10(16-11(14)18-12)8-4-3-5-9(19)6-8/h3-6,19-20H,7H2,1-2H3,(H,15,16,17,18). The highest BCUT2D eigenvalue weighted by Crippen LogP contribution is 2.21. The van der Waals surface area contributed by atoms with Gasteiger partial charge in [-0.2, -0.15) is 15.0 Å². The first-order valence-corrected chi connectivity index (χ1v) is 6.38.